The number of ether oxygens (including phenoxy) is 2. The van der Waals surface area contributed by atoms with Crippen molar-refractivity contribution in [2.45, 2.75) is 37.3 Å². The zero-order valence-corrected chi connectivity index (χ0v) is 14.9. The highest BCUT2D eigenvalue weighted by molar-refractivity contribution is 5.95. The van der Waals surface area contributed by atoms with Crippen LogP contribution in [0, 0.1) is 0 Å². The van der Waals surface area contributed by atoms with E-state index in [9.17, 15) is 9.90 Å². The van der Waals surface area contributed by atoms with Gasteiger partial charge in [-0.1, -0.05) is 5.16 Å². The molecular formula is C17H27N3O5. The number of nitrogens with zero attached hydrogens (tertiary/aromatic N) is 2. The first-order valence-electron chi connectivity index (χ1n) is 8.79. The first-order chi connectivity index (χ1) is 12.1. The molecule has 3 rings (SSSR count). The predicted molar refractivity (Wildman–Crippen MR) is 89.5 cm³/mol. The average Bonchev–Trinajstić information content (AvgIpc) is 3.13. The van der Waals surface area contributed by atoms with Crippen molar-refractivity contribution in [3.8, 4) is 0 Å². The van der Waals surface area contributed by atoms with E-state index in [-0.39, 0.29) is 24.5 Å². The molecule has 3 heterocycles. The number of aromatic nitrogens is 1. The van der Waals surface area contributed by atoms with Crippen LogP contribution in [0.3, 0.4) is 0 Å². The van der Waals surface area contributed by atoms with E-state index in [2.05, 4.69) is 15.4 Å². The number of likely N-dealkylation sites (N-methyl/N-ethyl adjacent to an activating group) is 1. The molecule has 140 valence electrons. The average molecular weight is 353 g/mol. The molecule has 25 heavy (non-hydrogen) atoms. The van der Waals surface area contributed by atoms with E-state index >= 15 is 0 Å². The van der Waals surface area contributed by atoms with Crippen molar-refractivity contribution in [1.29, 1.82) is 0 Å². The highest BCUT2D eigenvalue weighted by atomic mass is 16.5. The summed E-state index contributed by atoms with van der Waals surface area (Å²) in [6, 6.07) is 0.172. The second-order valence-electron chi connectivity index (χ2n) is 7.03. The molecule has 0 bridgehead atoms. The Balaban J connectivity index is 1.67. The molecule has 0 saturated carbocycles. The van der Waals surface area contributed by atoms with Gasteiger partial charge in [0.15, 0.2) is 5.76 Å². The molecule has 0 unspecified atom stereocenters. The Bertz CT molecular complexity index is 587. The van der Waals surface area contributed by atoms with E-state index in [0.29, 0.717) is 44.3 Å². The summed E-state index contributed by atoms with van der Waals surface area (Å²) >= 11 is 0. The molecule has 2 atom stereocenters. The normalized spacial score (nSPS) is 28.8. The zero-order valence-electron chi connectivity index (χ0n) is 14.9. The summed E-state index contributed by atoms with van der Waals surface area (Å²) < 4.78 is 16.3. The topological polar surface area (TPSA) is 97.1 Å². The van der Waals surface area contributed by atoms with Gasteiger partial charge in [0.05, 0.1) is 31.6 Å². The molecule has 2 saturated heterocycles. The fourth-order valence-electron chi connectivity index (χ4n) is 3.50. The summed E-state index contributed by atoms with van der Waals surface area (Å²) in [5.41, 5.74) is -0.156. The molecule has 1 aromatic heterocycles. The molecule has 2 aliphatic heterocycles. The van der Waals surface area contributed by atoms with E-state index < -0.39 is 5.54 Å². The van der Waals surface area contributed by atoms with E-state index in [1.807, 2.05) is 14.0 Å². The van der Waals surface area contributed by atoms with Gasteiger partial charge in [-0.3, -0.25) is 9.69 Å². The van der Waals surface area contributed by atoms with Crippen LogP contribution in [-0.2, 0) is 9.47 Å². The Morgan fingerprint density at radius 1 is 1.44 bits per heavy atom. The molecule has 2 aliphatic rings. The first-order valence-corrected chi connectivity index (χ1v) is 8.79. The third-order valence-electron chi connectivity index (χ3n) is 5.45. The van der Waals surface area contributed by atoms with Crippen LogP contribution < -0.4 is 5.32 Å². The van der Waals surface area contributed by atoms with Crippen LogP contribution >= 0.6 is 0 Å². The lowest BCUT2D eigenvalue weighted by atomic mass is 9.94. The maximum atomic E-state index is 12.7. The van der Waals surface area contributed by atoms with Crippen LogP contribution in [-0.4, -0.2) is 79.3 Å². The summed E-state index contributed by atoms with van der Waals surface area (Å²) in [6.45, 7) is 4.56. The quantitative estimate of drug-likeness (QED) is 0.790. The van der Waals surface area contributed by atoms with Crippen molar-refractivity contribution in [1.82, 2.24) is 15.4 Å². The van der Waals surface area contributed by atoms with Crippen LogP contribution in [0.5, 0.6) is 0 Å². The lowest BCUT2D eigenvalue weighted by Crippen LogP contribution is -2.65. The molecule has 1 aromatic rings. The molecule has 0 spiro atoms. The molecule has 0 aromatic carbocycles. The van der Waals surface area contributed by atoms with Crippen LogP contribution in [0.1, 0.15) is 41.8 Å². The number of amides is 1. The standard InChI is InChI=1S/C17H27N3O5/c1-12-8-24-11-17(10-21,20(12)2)9-18-16(22)14-7-19-25-15(14)13-3-5-23-6-4-13/h7,12-13,21H,3-6,8-11H2,1-2H3,(H,18,22)/t12-,17+/m1/s1. The lowest BCUT2D eigenvalue weighted by molar-refractivity contribution is -0.105. The summed E-state index contributed by atoms with van der Waals surface area (Å²) in [4.78, 5) is 14.7. The van der Waals surface area contributed by atoms with Crippen molar-refractivity contribution in [3.63, 3.8) is 0 Å². The molecule has 1 amide bonds. The van der Waals surface area contributed by atoms with Gasteiger partial charge in [0, 0.05) is 31.7 Å². The van der Waals surface area contributed by atoms with Gasteiger partial charge < -0.3 is 24.4 Å². The van der Waals surface area contributed by atoms with Gasteiger partial charge in [0.25, 0.3) is 5.91 Å². The van der Waals surface area contributed by atoms with Crippen LogP contribution in [0.4, 0.5) is 0 Å². The van der Waals surface area contributed by atoms with Crippen molar-refractivity contribution in [2.75, 3.05) is 46.6 Å². The minimum Gasteiger partial charge on any atom is -0.394 e. The van der Waals surface area contributed by atoms with Gasteiger partial charge in [-0.15, -0.1) is 0 Å². The SMILES string of the molecule is C[C@@H]1COC[C@@](CO)(CNC(=O)c2cnoc2C2CCOCC2)N1C. The number of aliphatic hydroxyl groups excluding tert-OH is 1. The number of rotatable bonds is 5. The predicted octanol–water partition coefficient (Wildman–Crippen LogP) is 0.380. The Hall–Kier alpha value is -1.48. The Kier molecular flexibility index (Phi) is 5.73. The third kappa shape index (κ3) is 3.72. The van der Waals surface area contributed by atoms with E-state index in [1.165, 1.54) is 6.20 Å². The smallest absolute Gasteiger partial charge is 0.256 e. The number of carbonyl (C=O) groups is 1. The Morgan fingerprint density at radius 2 is 2.20 bits per heavy atom. The minimum atomic E-state index is -0.622. The van der Waals surface area contributed by atoms with Gasteiger partial charge in [-0.05, 0) is 26.8 Å². The van der Waals surface area contributed by atoms with Crippen molar-refractivity contribution < 1.29 is 23.9 Å². The molecular weight excluding hydrogens is 326 g/mol. The number of hydrogen-bond acceptors (Lipinski definition) is 7. The molecule has 8 nitrogen and oxygen atoms in total. The Morgan fingerprint density at radius 3 is 2.92 bits per heavy atom. The Labute approximate surface area is 147 Å². The van der Waals surface area contributed by atoms with Crippen LogP contribution in [0.25, 0.3) is 0 Å². The maximum absolute atomic E-state index is 12.7. The van der Waals surface area contributed by atoms with Gasteiger partial charge in [0.2, 0.25) is 0 Å². The maximum Gasteiger partial charge on any atom is 0.256 e. The van der Waals surface area contributed by atoms with Crippen molar-refractivity contribution in [3.05, 3.63) is 17.5 Å². The van der Waals surface area contributed by atoms with Crippen molar-refractivity contribution >= 4 is 5.91 Å². The monoisotopic (exact) mass is 353 g/mol. The van der Waals surface area contributed by atoms with Crippen molar-refractivity contribution in [2.24, 2.45) is 0 Å². The molecule has 2 N–H and O–H groups in total. The minimum absolute atomic E-state index is 0.0927. The van der Waals surface area contributed by atoms with E-state index in [0.717, 1.165) is 12.8 Å². The van der Waals surface area contributed by atoms with Gasteiger partial charge in [-0.25, -0.2) is 0 Å². The molecule has 0 aliphatic carbocycles. The summed E-state index contributed by atoms with van der Waals surface area (Å²) in [7, 11) is 1.95. The summed E-state index contributed by atoms with van der Waals surface area (Å²) in [6.07, 6.45) is 3.11. The molecule has 0 radical (unpaired) electrons. The van der Waals surface area contributed by atoms with E-state index in [1.54, 1.807) is 0 Å². The highest BCUT2D eigenvalue weighted by Gasteiger charge is 2.41. The fourth-order valence-corrected chi connectivity index (χ4v) is 3.50. The van der Waals surface area contributed by atoms with E-state index in [4.69, 9.17) is 14.0 Å². The second kappa shape index (κ2) is 7.82. The fraction of sp³-hybridized carbons (Fsp3) is 0.765. The number of nitrogens with one attached hydrogen (secondary N) is 1. The summed E-state index contributed by atoms with van der Waals surface area (Å²) in [5, 5.41) is 16.7. The second-order valence-corrected chi connectivity index (χ2v) is 7.03. The first kappa shape index (κ1) is 18.3. The number of hydrogen-bond donors (Lipinski definition) is 2. The van der Waals surface area contributed by atoms with Gasteiger partial charge >= 0.3 is 0 Å². The third-order valence-corrected chi connectivity index (χ3v) is 5.45. The van der Waals surface area contributed by atoms with Gasteiger partial charge in [0.1, 0.15) is 5.56 Å². The molecule has 2 fully saturated rings. The van der Waals surface area contributed by atoms with Crippen LogP contribution in [0.15, 0.2) is 10.7 Å². The zero-order chi connectivity index (χ0) is 17.9. The number of carbonyl (C=O) groups excluding carboxylic acids is 1. The lowest BCUT2D eigenvalue weighted by Gasteiger charge is -2.47. The van der Waals surface area contributed by atoms with Crippen LogP contribution in [0.2, 0.25) is 0 Å². The molecule has 8 heteroatoms. The van der Waals surface area contributed by atoms with Gasteiger partial charge in [-0.2, -0.15) is 0 Å². The number of morpholine rings is 1. The number of aliphatic hydroxyl groups is 1. The summed E-state index contributed by atoms with van der Waals surface area (Å²) in [5.74, 6) is 0.548. The highest BCUT2D eigenvalue weighted by Crippen LogP contribution is 2.29. The largest absolute Gasteiger partial charge is 0.394 e.